The number of nitrogens with zero attached hydrogens (tertiary/aromatic N) is 1. The fourth-order valence-electron chi connectivity index (χ4n) is 1.20. The van der Waals surface area contributed by atoms with Crippen LogP contribution in [0.1, 0.15) is 6.92 Å². The second kappa shape index (κ2) is 3.19. The number of primary amides is 1. The van der Waals surface area contributed by atoms with Gasteiger partial charge in [-0.15, -0.1) is 0 Å². The molecule has 1 unspecified atom stereocenters. The summed E-state index contributed by atoms with van der Waals surface area (Å²) in [6.45, 7) is 4.27. The molecule has 1 aliphatic rings. The molecule has 1 amide bonds. The second-order valence-corrected chi connectivity index (χ2v) is 3.14. The molecule has 4 nitrogen and oxygen atoms in total. The van der Waals surface area contributed by atoms with Gasteiger partial charge in [-0.2, -0.15) is 0 Å². The number of amides is 1. The normalized spacial score (nSPS) is 22.7. The monoisotopic (exact) mass is 157 g/mol. The first kappa shape index (κ1) is 8.49. The van der Waals surface area contributed by atoms with Gasteiger partial charge in [0.2, 0.25) is 5.91 Å². The van der Waals surface area contributed by atoms with Crippen molar-refractivity contribution in [1.82, 2.24) is 4.90 Å². The molecule has 1 heterocycles. The minimum Gasteiger partial charge on any atom is -0.369 e. The average Bonchev–Trinajstić information content (AvgIpc) is 1.83. The van der Waals surface area contributed by atoms with Gasteiger partial charge >= 0.3 is 0 Å². The predicted octanol–water partition coefficient (Wildman–Crippen LogP) is -1.25. The number of hydrogen-bond acceptors (Lipinski definition) is 3. The van der Waals surface area contributed by atoms with Crippen molar-refractivity contribution in [2.45, 2.75) is 13.0 Å². The molecule has 1 fully saturated rings. The van der Waals surface area contributed by atoms with Crippen LogP contribution in [0.3, 0.4) is 0 Å². The summed E-state index contributed by atoms with van der Waals surface area (Å²) in [5.74, 6) is -0.130. The molecule has 0 saturated carbocycles. The Balaban J connectivity index is 2.23. The standard InChI is InChI=1S/C7H15N3O/c1-5(2-8)10-3-6(4-10)7(9)11/h5-6H,2-4,8H2,1H3,(H2,9,11). The molecule has 0 bridgehead atoms. The van der Waals surface area contributed by atoms with Gasteiger partial charge in [-0.25, -0.2) is 0 Å². The first-order chi connectivity index (χ1) is 5.15. The highest BCUT2D eigenvalue weighted by Crippen LogP contribution is 2.16. The first-order valence-corrected chi connectivity index (χ1v) is 3.88. The second-order valence-electron chi connectivity index (χ2n) is 3.14. The van der Waals surface area contributed by atoms with Crippen LogP contribution >= 0.6 is 0 Å². The minimum atomic E-state index is -0.189. The van der Waals surface area contributed by atoms with Gasteiger partial charge in [-0.1, -0.05) is 0 Å². The molecule has 0 aromatic rings. The summed E-state index contributed by atoms with van der Waals surface area (Å²) >= 11 is 0. The summed E-state index contributed by atoms with van der Waals surface area (Å²) < 4.78 is 0. The van der Waals surface area contributed by atoms with E-state index in [1.165, 1.54) is 0 Å². The van der Waals surface area contributed by atoms with Crippen LogP contribution < -0.4 is 11.5 Å². The van der Waals surface area contributed by atoms with Crippen molar-refractivity contribution in [3.63, 3.8) is 0 Å². The summed E-state index contributed by atoms with van der Waals surface area (Å²) in [7, 11) is 0. The van der Waals surface area contributed by atoms with Gasteiger partial charge in [0.1, 0.15) is 0 Å². The molecule has 64 valence electrons. The van der Waals surface area contributed by atoms with Gasteiger partial charge in [0.25, 0.3) is 0 Å². The Labute approximate surface area is 66.5 Å². The lowest BCUT2D eigenvalue weighted by atomic mass is 9.97. The van der Waals surface area contributed by atoms with E-state index in [1.807, 2.05) is 0 Å². The van der Waals surface area contributed by atoms with Gasteiger partial charge in [0.05, 0.1) is 5.92 Å². The molecule has 11 heavy (non-hydrogen) atoms. The highest BCUT2D eigenvalue weighted by atomic mass is 16.1. The summed E-state index contributed by atoms with van der Waals surface area (Å²) in [5.41, 5.74) is 10.6. The molecule has 0 aliphatic carbocycles. The third kappa shape index (κ3) is 1.70. The van der Waals surface area contributed by atoms with E-state index in [9.17, 15) is 4.79 Å². The molecule has 1 rings (SSSR count). The highest BCUT2D eigenvalue weighted by molar-refractivity contribution is 5.78. The zero-order valence-electron chi connectivity index (χ0n) is 6.79. The Morgan fingerprint density at radius 2 is 2.27 bits per heavy atom. The van der Waals surface area contributed by atoms with Crippen molar-refractivity contribution in [2.75, 3.05) is 19.6 Å². The van der Waals surface area contributed by atoms with Crippen LogP contribution in [0.15, 0.2) is 0 Å². The van der Waals surface area contributed by atoms with Crippen LogP contribution in [0, 0.1) is 5.92 Å². The maximum absolute atomic E-state index is 10.6. The van der Waals surface area contributed by atoms with E-state index in [2.05, 4.69) is 11.8 Å². The van der Waals surface area contributed by atoms with E-state index in [-0.39, 0.29) is 11.8 Å². The SMILES string of the molecule is CC(CN)N1CC(C(N)=O)C1. The summed E-state index contributed by atoms with van der Waals surface area (Å²) in [6.07, 6.45) is 0. The Kier molecular flexibility index (Phi) is 2.46. The van der Waals surface area contributed by atoms with E-state index in [4.69, 9.17) is 11.5 Å². The van der Waals surface area contributed by atoms with Gasteiger partial charge in [0.15, 0.2) is 0 Å². The molecule has 0 aromatic heterocycles. The van der Waals surface area contributed by atoms with Crippen LogP contribution in [0.25, 0.3) is 0 Å². The smallest absolute Gasteiger partial charge is 0.223 e. The van der Waals surface area contributed by atoms with Gasteiger partial charge in [-0.3, -0.25) is 9.69 Å². The topological polar surface area (TPSA) is 72.3 Å². The van der Waals surface area contributed by atoms with Crippen molar-refractivity contribution in [3.05, 3.63) is 0 Å². The number of carbonyl (C=O) groups excluding carboxylic acids is 1. The van der Waals surface area contributed by atoms with Gasteiger partial charge in [0, 0.05) is 25.7 Å². The third-order valence-corrected chi connectivity index (χ3v) is 2.28. The Morgan fingerprint density at radius 3 is 2.64 bits per heavy atom. The van der Waals surface area contributed by atoms with Crippen LogP contribution in [-0.2, 0) is 4.79 Å². The lowest BCUT2D eigenvalue weighted by Crippen LogP contribution is -2.57. The van der Waals surface area contributed by atoms with E-state index in [1.54, 1.807) is 0 Å². The fraction of sp³-hybridized carbons (Fsp3) is 0.857. The first-order valence-electron chi connectivity index (χ1n) is 3.88. The van der Waals surface area contributed by atoms with Crippen molar-refractivity contribution in [2.24, 2.45) is 17.4 Å². The molecule has 0 aromatic carbocycles. The molecule has 4 heteroatoms. The van der Waals surface area contributed by atoms with E-state index in [0.29, 0.717) is 12.6 Å². The highest BCUT2D eigenvalue weighted by Gasteiger charge is 2.32. The van der Waals surface area contributed by atoms with Crippen LogP contribution in [0.4, 0.5) is 0 Å². The summed E-state index contributed by atoms with van der Waals surface area (Å²) in [6, 6.07) is 0.380. The molecule has 1 aliphatic heterocycles. The zero-order valence-corrected chi connectivity index (χ0v) is 6.79. The number of carbonyl (C=O) groups is 1. The molecule has 0 radical (unpaired) electrons. The Bertz CT molecular complexity index is 154. The minimum absolute atomic E-state index is 0.0593. The molecule has 1 saturated heterocycles. The maximum Gasteiger partial charge on any atom is 0.223 e. The Morgan fingerprint density at radius 1 is 1.73 bits per heavy atom. The number of rotatable bonds is 3. The zero-order chi connectivity index (χ0) is 8.43. The van der Waals surface area contributed by atoms with Gasteiger partial charge < -0.3 is 11.5 Å². The van der Waals surface area contributed by atoms with Crippen LogP contribution in [-0.4, -0.2) is 36.5 Å². The van der Waals surface area contributed by atoms with Crippen molar-refractivity contribution in [3.8, 4) is 0 Å². The molecular weight excluding hydrogens is 142 g/mol. The summed E-state index contributed by atoms with van der Waals surface area (Å²) in [4.78, 5) is 12.8. The number of nitrogens with two attached hydrogens (primary N) is 2. The van der Waals surface area contributed by atoms with E-state index < -0.39 is 0 Å². The molecule has 4 N–H and O–H groups in total. The fourth-order valence-corrected chi connectivity index (χ4v) is 1.20. The maximum atomic E-state index is 10.6. The van der Waals surface area contributed by atoms with Gasteiger partial charge in [-0.05, 0) is 6.92 Å². The van der Waals surface area contributed by atoms with Crippen molar-refractivity contribution in [1.29, 1.82) is 0 Å². The predicted molar refractivity (Wildman–Crippen MR) is 42.8 cm³/mol. The largest absolute Gasteiger partial charge is 0.369 e. The lowest BCUT2D eigenvalue weighted by molar-refractivity contribution is -0.127. The molecule has 0 spiro atoms. The Hall–Kier alpha value is -0.610. The van der Waals surface area contributed by atoms with E-state index >= 15 is 0 Å². The van der Waals surface area contributed by atoms with Crippen molar-refractivity contribution < 1.29 is 4.79 Å². The van der Waals surface area contributed by atoms with Crippen LogP contribution in [0.5, 0.6) is 0 Å². The average molecular weight is 157 g/mol. The quantitative estimate of drug-likeness (QED) is 0.537. The lowest BCUT2D eigenvalue weighted by Gasteiger charge is -2.41. The third-order valence-electron chi connectivity index (χ3n) is 2.28. The summed E-state index contributed by atoms with van der Waals surface area (Å²) in [5, 5.41) is 0. The molecule has 1 atom stereocenters. The van der Waals surface area contributed by atoms with E-state index in [0.717, 1.165) is 13.1 Å². The van der Waals surface area contributed by atoms with Crippen molar-refractivity contribution >= 4 is 5.91 Å². The van der Waals surface area contributed by atoms with Crippen LogP contribution in [0.2, 0.25) is 0 Å². The molecular formula is C7H15N3O. The number of likely N-dealkylation sites (tertiary alicyclic amines) is 1. The number of hydrogen-bond donors (Lipinski definition) is 2.